The smallest absolute Gasteiger partial charge is 0.310 e. The van der Waals surface area contributed by atoms with Gasteiger partial charge in [0.1, 0.15) is 18.1 Å². The van der Waals surface area contributed by atoms with Crippen LogP contribution in [0.2, 0.25) is 0 Å². The third kappa shape index (κ3) is 5.10. The number of hydrogen-bond acceptors (Lipinski definition) is 5. The van der Waals surface area contributed by atoms with Crippen LogP contribution < -0.4 is 4.74 Å². The predicted molar refractivity (Wildman–Crippen MR) is 122 cm³/mol. The zero-order valence-corrected chi connectivity index (χ0v) is 19.5. The van der Waals surface area contributed by atoms with Crippen LogP contribution in [0, 0.1) is 12.8 Å². The van der Waals surface area contributed by atoms with Gasteiger partial charge in [0.15, 0.2) is 0 Å². The van der Waals surface area contributed by atoms with E-state index in [1.54, 1.807) is 0 Å². The van der Waals surface area contributed by atoms with Crippen LogP contribution in [-0.4, -0.2) is 35.6 Å². The number of carbonyl (C=O) groups is 1. The minimum atomic E-state index is -0.251. The van der Waals surface area contributed by atoms with Gasteiger partial charge in [-0.2, -0.15) is 5.10 Å². The van der Waals surface area contributed by atoms with Gasteiger partial charge < -0.3 is 14.2 Å². The SMILES string of the molecule is CCOC(=O)Cc1c(C)cccc1OCc1nn(CC2CCOC2)c2ccc(Br)cc12. The number of halogens is 1. The normalized spacial score (nSPS) is 16.0. The van der Waals surface area contributed by atoms with Crippen molar-refractivity contribution in [2.24, 2.45) is 5.92 Å². The van der Waals surface area contributed by atoms with Crippen LogP contribution in [-0.2, 0) is 33.8 Å². The van der Waals surface area contributed by atoms with E-state index in [2.05, 4.69) is 32.7 Å². The summed E-state index contributed by atoms with van der Waals surface area (Å²) in [5.41, 5.74) is 3.82. The first-order valence-electron chi connectivity index (χ1n) is 10.6. The standard InChI is InChI=1S/C24H27BrN2O4/c1-3-30-24(28)12-19-16(2)5-4-6-23(19)31-15-21-20-11-18(25)7-8-22(20)27(26-21)13-17-9-10-29-14-17/h4-8,11,17H,3,9-10,12-15H2,1-2H3. The molecule has 1 saturated heterocycles. The summed E-state index contributed by atoms with van der Waals surface area (Å²) in [5.74, 6) is 0.919. The zero-order valence-electron chi connectivity index (χ0n) is 17.9. The Morgan fingerprint density at radius 2 is 2.19 bits per heavy atom. The van der Waals surface area contributed by atoms with Crippen molar-refractivity contribution in [1.29, 1.82) is 0 Å². The van der Waals surface area contributed by atoms with Crippen LogP contribution in [0.25, 0.3) is 10.9 Å². The minimum Gasteiger partial charge on any atom is -0.487 e. The van der Waals surface area contributed by atoms with Crippen molar-refractivity contribution in [3.63, 3.8) is 0 Å². The molecule has 7 heteroatoms. The number of aryl methyl sites for hydroxylation is 1. The molecule has 1 aromatic heterocycles. The Bertz CT molecular complexity index is 1070. The third-order valence-corrected chi connectivity index (χ3v) is 6.10. The minimum absolute atomic E-state index is 0.193. The van der Waals surface area contributed by atoms with Crippen LogP contribution in [0.5, 0.6) is 5.75 Å². The van der Waals surface area contributed by atoms with Crippen molar-refractivity contribution in [1.82, 2.24) is 9.78 Å². The molecule has 4 rings (SSSR count). The lowest BCUT2D eigenvalue weighted by Gasteiger charge is -2.13. The summed E-state index contributed by atoms with van der Waals surface area (Å²) in [6.07, 6.45) is 1.25. The number of esters is 1. The molecule has 0 amide bonds. The molecule has 0 N–H and O–H groups in total. The van der Waals surface area contributed by atoms with Gasteiger partial charge in [0.25, 0.3) is 0 Å². The fourth-order valence-corrected chi connectivity index (χ4v) is 4.34. The third-order valence-electron chi connectivity index (χ3n) is 5.60. The molecule has 0 aliphatic carbocycles. The molecule has 1 aliphatic heterocycles. The molecule has 0 saturated carbocycles. The molecule has 0 bridgehead atoms. The highest BCUT2D eigenvalue weighted by Gasteiger charge is 2.20. The first kappa shape index (κ1) is 21.8. The van der Waals surface area contributed by atoms with E-state index in [-0.39, 0.29) is 12.4 Å². The first-order valence-corrected chi connectivity index (χ1v) is 11.4. The van der Waals surface area contributed by atoms with Crippen LogP contribution in [0.1, 0.15) is 30.2 Å². The van der Waals surface area contributed by atoms with E-state index >= 15 is 0 Å². The largest absolute Gasteiger partial charge is 0.487 e. The number of fused-ring (bicyclic) bond motifs is 1. The lowest BCUT2D eigenvalue weighted by molar-refractivity contribution is -0.142. The molecule has 1 atom stereocenters. The molecule has 2 heterocycles. The summed E-state index contributed by atoms with van der Waals surface area (Å²) in [7, 11) is 0. The molecule has 0 spiro atoms. The monoisotopic (exact) mass is 486 g/mol. The lowest BCUT2D eigenvalue weighted by Crippen LogP contribution is -2.12. The fourth-order valence-electron chi connectivity index (χ4n) is 3.98. The van der Waals surface area contributed by atoms with E-state index in [1.807, 2.05) is 38.1 Å². The molecule has 2 aromatic carbocycles. The van der Waals surface area contributed by atoms with Gasteiger partial charge in [0.05, 0.1) is 25.2 Å². The van der Waals surface area contributed by atoms with Gasteiger partial charge in [-0.1, -0.05) is 28.1 Å². The fraction of sp³-hybridized carbons (Fsp3) is 0.417. The summed E-state index contributed by atoms with van der Waals surface area (Å²) in [5, 5.41) is 5.94. The molecule has 1 unspecified atom stereocenters. The molecule has 1 fully saturated rings. The maximum Gasteiger partial charge on any atom is 0.310 e. The lowest BCUT2D eigenvalue weighted by atomic mass is 10.0. The van der Waals surface area contributed by atoms with Crippen molar-refractivity contribution in [2.75, 3.05) is 19.8 Å². The van der Waals surface area contributed by atoms with E-state index in [9.17, 15) is 4.79 Å². The van der Waals surface area contributed by atoms with Crippen molar-refractivity contribution in [2.45, 2.75) is 39.8 Å². The number of rotatable bonds is 8. The van der Waals surface area contributed by atoms with Gasteiger partial charge in [0.2, 0.25) is 0 Å². The topological polar surface area (TPSA) is 62.6 Å². The Kier molecular flexibility index (Phi) is 6.92. The van der Waals surface area contributed by atoms with Crippen molar-refractivity contribution < 1.29 is 19.0 Å². The Morgan fingerprint density at radius 1 is 1.32 bits per heavy atom. The summed E-state index contributed by atoms with van der Waals surface area (Å²) in [6, 6.07) is 12.0. The number of aromatic nitrogens is 2. The summed E-state index contributed by atoms with van der Waals surface area (Å²) in [4.78, 5) is 12.1. The summed E-state index contributed by atoms with van der Waals surface area (Å²) in [6.45, 7) is 6.91. The Balaban J connectivity index is 1.58. The summed E-state index contributed by atoms with van der Waals surface area (Å²) >= 11 is 3.57. The molecule has 0 radical (unpaired) electrons. The highest BCUT2D eigenvalue weighted by Crippen LogP contribution is 2.28. The van der Waals surface area contributed by atoms with E-state index in [1.165, 1.54) is 0 Å². The van der Waals surface area contributed by atoms with Gasteiger partial charge >= 0.3 is 5.97 Å². The van der Waals surface area contributed by atoms with Crippen LogP contribution in [0.4, 0.5) is 0 Å². The molecular weight excluding hydrogens is 460 g/mol. The second-order valence-corrected chi connectivity index (χ2v) is 8.76. The Morgan fingerprint density at radius 3 is 2.97 bits per heavy atom. The number of nitrogens with zero attached hydrogens (tertiary/aromatic N) is 2. The van der Waals surface area contributed by atoms with Crippen LogP contribution in [0.3, 0.4) is 0 Å². The van der Waals surface area contributed by atoms with Crippen molar-refractivity contribution in [3.05, 3.63) is 57.7 Å². The molecular formula is C24H27BrN2O4. The molecule has 164 valence electrons. The van der Waals surface area contributed by atoms with E-state index in [0.717, 1.165) is 58.4 Å². The average molecular weight is 487 g/mol. The van der Waals surface area contributed by atoms with Gasteiger partial charge in [0, 0.05) is 34.5 Å². The molecule has 1 aliphatic rings. The van der Waals surface area contributed by atoms with Crippen molar-refractivity contribution in [3.8, 4) is 5.75 Å². The second kappa shape index (κ2) is 9.83. The molecule has 3 aromatic rings. The van der Waals surface area contributed by atoms with Gasteiger partial charge in [-0.3, -0.25) is 9.48 Å². The van der Waals surface area contributed by atoms with Gasteiger partial charge in [-0.25, -0.2) is 0 Å². The number of ether oxygens (including phenoxy) is 3. The molecule has 31 heavy (non-hydrogen) atoms. The Labute approximate surface area is 190 Å². The van der Waals surface area contributed by atoms with Crippen LogP contribution in [0.15, 0.2) is 40.9 Å². The zero-order chi connectivity index (χ0) is 21.8. The quantitative estimate of drug-likeness (QED) is 0.426. The number of carbonyl (C=O) groups excluding carboxylic acids is 1. The van der Waals surface area contributed by atoms with Crippen LogP contribution >= 0.6 is 15.9 Å². The van der Waals surface area contributed by atoms with E-state index in [0.29, 0.717) is 24.9 Å². The van der Waals surface area contributed by atoms with E-state index < -0.39 is 0 Å². The van der Waals surface area contributed by atoms with Gasteiger partial charge in [-0.05, 0) is 50.1 Å². The highest BCUT2D eigenvalue weighted by atomic mass is 79.9. The number of hydrogen-bond donors (Lipinski definition) is 0. The predicted octanol–water partition coefficient (Wildman–Crippen LogP) is 4.83. The second-order valence-electron chi connectivity index (χ2n) is 7.84. The highest BCUT2D eigenvalue weighted by molar-refractivity contribution is 9.10. The maximum atomic E-state index is 12.1. The molecule has 6 nitrogen and oxygen atoms in total. The maximum absolute atomic E-state index is 12.1. The number of benzene rings is 2. The average Bonchev–Trinajstić information content (AvgIpc) is 3.37. The summed E-state index contributed by atoms with van der Waals surface area (Å²) < 4.78 is 19.9. The van der Waals surface area contributed by atoms with Crippen molar-refractivity contribution >= 4 is 32.8 Å². The Hall–Kier alpha value is -2.38. The van der Waals surface area contributed by atoms with E-state index in [4.69, 9.17) is 19.3 Å². The first-order chi connectivity index (χ1) is 15.0. The van der Waals surface area contributed by atoms with Gasteiger partial charge in [-0.15, -0.1) is 0 Å².